The molecule has 0 bridgehead atoms. The van der Waals surface area contributed by atoms with Crippen LogP contribution in [-0.2, 0) is 0 Å². The maximum absolute atomic E-state index is 13.4. The van der Waals surface area contributed by atoms with Gasteiger partial charge in [-0.2, -0.15) is 0 Å². The van der Waals surface area contributed by atoms with Gasteiger partial charge in [-0.15, -0.1) is 0 Å². The summed E-state index contributed by atoms with van der Waals surface area (Å²) in [6.07, 6.45) is 0. The van der Waals surface area contributed by atoms with E-state index in [9.17, 15) is 9.18 Å². The molecule has 4 rings (SSSR count). The Labute approximate surface area is 179 Å². The van der Waals surface area contributed by atoms with Crippen LogP contribution in [0.4, 0.5) is 10.1 Å². The zero-order valence-corrected chi connectivity index (χ0v) is 17.2. The van der Waals surface area contributed by atoms with E-state index in [1.54, 1.807) is 48.5 Å². The molecule has 0 fully saturated rings. The van der Waals surface area contributed by atoms with E-state index in [2.05, 4.69) is 31.5 Å². The first kappa shape index (κ1) is 19.2. The summed E-state index contributed by atoms with van der Waals surface area (Å²) in [5.41, 5.74) is 2.79. The molecule has 0 radical (unpaired) electrons. The van der Waals surface area contributed by atoms with Crippen molar-refractivity contribution in [1.82, 2.24) is 10.3 Å². The average molecular weight is 470 g/mol. The minimum atomic E-state index is -0.363. The molecule has 0 unspecified atom stereocenters. The lowest BCUT2D eigenvalue weighted by Gasteiger charge is -2.10. The van der Waals surface area contributed by atoms with Gasteiger partial charge in [0.1, 0.15) is 11.3 Å². The molecule has 1 aromatic heterocycles. The highest BCUT2D eigenvalue weighted by Crippen LogP contribution is 2.26. The molecule has 3 aromatic carbocycles. The predicted octanol–water partition coefficient (Wildman–Crippen LogP) is 5.52. The van der Waals surface area contributed by atoms with E-state index in [-0.39, 0.29) is 16.8 Å². The van der Waals surface area contributed by atoms with Gasteiger partial charge in [0.2, 0.25) is 5.89 Å². The van der Waals surface area contributed by atoms with Gasteiger partial charge in [-0.25, -0.2) is 9.37 Å². The van der Waals surface area contributed by atoms with Gasteiger partial charge in [-0.1, -0.05) is 18.2 Å². The van der Waals surface area contributed by atoms with Gasteiger partial charge in [0, 0.05) is 15.7 Å². The third-order valence-corrected chi connectivity index (χ3v) is 4.96. The highest BCUT2D eigenvalue weighted by molar-refractivity contribution is 9.10. The zero-order valence-electron chi connectivity index (χ0n) is 14.8. The molecule has 0 aliphatic carbocycles. The van der Waals surface area contributed by atoms with Crippen molar-refractivity contribution in [2.24, 2.45) is 0 Å². The van der Waals surface area contributed by atoms with Gasteiger partial charge in [-0.05, 0) is 76.7 Å². The molecule has 0 atom stereocenters. The number of carbonyl (C=O) groups is 1. The molecular formula is C21H13BrFN3O2S. The first-order chi connectivity index (χ1) is 14.0. The number of carbonyl (C=O) groups excluding carboxylic acids is 1. The first-order valence-corrected chi connectivity index (χ1v) is 9.73. The highest BCUT2D eigenvalue weighted by atomic mass is 79.9. The molecule has 0 aliphatic rings. The number of fused-ring (bicyclic) bond motifs is 1. The van der Waals surface area contributed by atoms with E-state index in [1.165, 1.54) is 12.1 Å². The van der Waals surface area contributed by atoms with Crippen molar-refractivity contribution in [3.8, 4) is 11.5 Å². The number of hydrogen-bond donors (Lipinski definition) is 2. The first-order valence-electron chi connectivity index (χ1n) is 8.53. The van der Waals surface area contributed by atoms with E-state index >= 15 is 0 Å². The molecule has 29 heavy (non-hydrogen) atoms. The summed E-state index contributed by atoms with van der Waals surface area (Å²) in [6.45, 7) is 0. The fourth-order valence-corrected chi connectivity index (χ4v) is 3.40. The minimum Gasteiger partial charge on any atom is -0.436 e. The van der Waals surface area contributed by atoms with Gasteiger partial charge in [-0.3, -0.25) is 10.1 Å². The van der Waals surface area contributed by atoms with E-state index in [0.29, 0.717) is 38.3 Å². The maximum Gasteiger partial charge on any atom is 0.258 e. The van der Waals surface area contributed by atoms with Crippen LogP contribution < -0.4 is 10.6 Å². The van der Waals surface area contributed by atoms with Crippen molar-refractivity contribution in [3.05, 3.63) is 82.6 Å². The Bertz CT molecular complexity index is 1240. The average Bonchev–Trinajstić information content (AvgIpc) is 3.11. The van der Waals surface area contributed by atoms with E-state index in [0.717, 1.165) is 0 Å². The smallest absolute Gasteiger partial charge is 0.258 e. The van der Waals surface area contributed by atoms with E-state index < -0.39 is 0 Å². The number of nitrogens with one attached hydrogen (secondary N) is 2. The van der Waals surface area contributed by atoms with Crippen molar-refractivity contribution in [3.63, 3.8) is 0 Å². The van der Waals surface area contributed by atoms with Gasteiger partial charge in [0.15, 0.2) is 10.7 Å². The van der Waals surface area contributed by atoms with Crippen LogP contribution in [0.3, 0.4) is 0 Å². The van der Waals surface area contributed by atoms with E-state index in [4.69, 9.17) is 16.6 Å². The van der Waals surface area contributed by atoms with E-state index in [1.807, 2.05) is 6.07 Å². The summed E-state index contributed by atoms with van der Waals surface area (Å²) in [4.78, 5) is 16.7. The van der Waals surface area contributed by atoms with Crippen LogP contribution in [0, 0.1) is 5.82 Å². The molecule has 0 saturated carbocycles. The molecule has 0 saturated heterocycles. The number of nitrogens with zero attached hydrogens (tertiary/aromatic N) is 1. The quantitative estimate of drug-likeness (QED) is 0.386. The number of amides is 1. The molecule has 5 nitrogen and oxygen atoms in total. The molecule has 8 heteroatoms. The van der Waals surface area contributed by atoms with Gasteiger partial charge >= 0.3 is 0 Å². The van der Waals surface area contributed by atoms with Crippen LogP contribution in [0.15, 0.2) is 75.6 Å². The minimum absolute atomic E-state index is 0.152. The van der Waals surface area contributed by atoms with Crippen molar-refractivity contribution in [2.75, 3.05) is 5.32 Å². The second-order valence-corrected chi connectivity index (χ2v) is 7.36. The summed E-state index contributed by atoms with van der Waals surface area (Å²) < 4.78 is 19.8. The molecule has 2 N–H and O–H groups in total. The largest absolute Gasteiger partial charge is 0.436 e. The fraction of sp³-hybridized carbons (Fsp3) is 0. The number of halogens is 2. The van der Waals surface area contributed by atoms with Crippen LogP contribution >= 0.6 is 28.1 Å². The van der Waals surface area contributed by atoms with Crippen LogP contribution in [0.2, 0.25) is 0 Å². The second-order valence-electron chi connectivity index (χ2n) is 6.10. The van der Waals surface area contributed by atoms with Crippen LogP contribution in [-0.4, -0.2) is 16.0 Å². The van der Waals surface area contributed by atoms with Crippen molar-refractivity contribution in [2.45, 2.75) is 0 Å². The Morgan fingerprint density at radius 3 is 2.69 bits per heavy atom. The number of rotatable bonds is 3. The van der Waals surface area contributed by atoms with Crippen LogP contribution in [0.25, 0.3) is 22.6 Å². The topological polar surface area (TPSA) is 67.2 Å². The van der Waals surface area contributed by atoms with Gasteiger partial charge in [0.05, 0.1) is 5.56 Å². The molecule has 1 heterocycles. The van der Waals surface area contributed by atoms with Gasteiger partial charge in [0.25, 0.3) is 5.91 Å². The molecule has 4 aromatic rings. The Morgan fingerprint density at radius 1 is 1.07 bits per heavy atom. The lowest BCUT2D eigenvalue weighted by atomic mass is 10.2. The number of benzene rings is 3. The number of aromatic nitrogens is 1. The summed E-state index contributed by atoms with van der Waals surface area (Å²) in [5, 5.41) is 5.74. The van der Waals surface area contributed by atoms with Crippen LogP contribution in [0.1, 0.15) is 10.4 Å². The predicted molar refractivity (Wildman–Crippen MR) is 117 cm³/mol. The molecule has 1 amide bonds. The Kier molecular flexibility index (Phi) is 5.37. The van der Waals surface area contributed by atoms with Crippen molar-refractivity contribution < 1.29 is 13.6 Å². The third-order valence-electron chi connectivity index (χ3n) is 4.06. The monoisotopic (exact) mass is 469 g/mol. The number of thiocarbonyl (C=S) groups is 1. The van der Waals surface area contributed by atoms with Crippen LogP contribution in [0.5, 0.6) is 0 Å². The molecular weight excluding hydrogens is 457 g/mol. The SMILES string of the molecule is O=C(NC(=S)Nc1ccc2oc(-c3cccc(F)c3)nc2c1)c1ccccc1Br. The standard InChI is InChI=1S/C21H13BrFN3O2S/c22-16-7-2-1-6-15(16)19(27)26-21(29)24-14-8-9-18-17(11-14)25-20(28-18)12-4-3-5-13(23)10-12/h1-11H,(H2,24,26,27,29). The molecule has 144 valence electrons. The summed E-state index contributed by atoms with van der Waals surface area (Å²) in [7, 11) is 0. The molecule has 0 spiro atoms. The van der Waals surface area contributed by atoms with Gasteiger partial charge < -0.3 is 9.73 Å². The highest BCUT2D eigenvalue weighted by Gasteiger charge is 2.13. The number of anilines is 1. The zero-order chi connectivity index (χ0) is 20.4. The number of oxazole rings is 1. The Hall–Kier alpha value is -3.10. The Balaban J connectivity index is 1.50. The lowest BCUT2D eigenvalue weighted by Crippen LogP contribution is -2.34. The summed E-state index contributed by atoms with van der Waals surface area (Å²) in [6, 6.07) is 18.3. The summed E-state index contributed by atoms with van der Waals surface area (Å²) in [5.74, 6) is -0.370. The normalized spacial score (nSPS) is 10.7. The fourth-order valence-electron chi connectivity index (χ4n) is 2.73. The molecule has 0 aliphatic heterocycles. The summed E-state index contributed by atoms with van der Waals surface area (Å²) >= 11 is 8.57. The lowest BCUT2D eigenvalue weighted by molar-refractivity contribution is 0.0977. The second kappa shape index (κ2) is 8.10. The Morgan fingerprint density at radius 2 is 1.90 bits per heavy atom. The number of hydrogen-bond acceptors (Lipinski definition) is 4. The third kappa shape index (κ3) is 4.33. The van der Waals surface area contributed by atoms with Crippen molar-refractivity contribution >= 4 is 56.0 Å². The van der Waals surface area contributed by atoms with Crippen molar-refractivity contribution in [1.29, 1.82) is 0 Å². The maximum atomic E-state index is 13.4.